The SMILES string of the molecule is CCCCCNc1cccc2c(S(=O)(=O)Cl)cccc12. The van der Waals surface area contributed by atoms with Crippen LogP contribution in [-0.4, -0.2) is 15.0 Å². The second kappa shape index (κ2) is 6.46. The summed E-state index contributed by atoms with van der Waals surface area (Å²) in [6.07, 6.45) is 3.45. The number of fused-ring (bicyclic) bond motifs is 1. The molecule has 1 N–H and O–H groups in total. The van der Waals surface area contributed by atoms with Gasteiger partial charge >= 0.3 is 0 Å². The van der Waals surface area contributed by atoms with Gasteiger partial charge in [-0.25, -0.2) is 8.42 Å². The monoisotopic (exact) mass is 311 g/mol. The Morgan fingerprint density at radius 2 is 1.75 bits per heavy atom. The molecule has 0 fully saturated rings. The van der Waals surface area contributed by atoms with E-state index in [0.29, 0.717) is 5.39 Å². The van der Waals surface area contributed by atoms with E-state index in [9.17, 15) is 8.42 Å². The molecule has 0 radical (unpaired) electrons. The number of halogens is 1. The first-order valence-corrected chi connectivity index (χ1v) is 9.05. The van der Waals surface area contributed by atoms with E-state index in [1.165, 1.54) is 18.9 Å². The highest BCUT2D eigenvalue weighted by Gasteiger charge is 2.14. The number of hydrogen-bond acceptors (Lipinski definition) is 3. The Morgan fingerprint density at radius 1 is 1.05 bits per heavy atom. The molecule has 20 heavy (non-hydrogen) atoms. The standard InChI is InChI=1S/C15H18ClNO2S/c1-2-3-4-11-17-14-9-5-8-13-12(14)7-6-10-15(13)20(16,18)19/h5-10,17H,2-4,11H2,1H3. The molecule has 0 unspecified atom stereocenters. The lowest BCUT2D eigenvalue weighted by molar-refractivity contribution is 0.610. The molecule has 0 aliphatic heterocycles. The van der Waals surface area contributed by atoms with E-state index in [2.05, 4.69) is 12.2 Å². The van der Waals surface area contributed by atoms with Crippen LogP contribution in [0.2, 0.25) is 0 Å². The van der Waals surface area contributed by atoms with Crippen LogP contribution in [0.3, 0.4) is 0 Å². The molecule has 0 aliphatic carbocycles. The largest absolute Gasteiger partial charge is 0.385 e. The Kier molecular flexibility index (Phi) is 4.89. The van der Waals surface area contributed by atoms with E-state index in [-0.39, 0.29) is 4.90 Å². The van der Waals surface area contributed by atoms with E-state index in [1.54, 1.807) is 12.1 Å². The first kappa shape index (κ1) is 15.1. The first-order chi connectivity index (χ1) is 9.54. The van der Waals surface area contributed by atoms with Crippen LogP contribution in [0, 0.1) is 0 Å². The summed E-state index contributed by atoms with van der Waals surface area (Å²) in [7, 11) is 1.76. The van der Waals surface area contributed by atoms with Crippen molar-refractivity contribution in [3.63, 3.8) is 0 Å². The normalized spacial score (nSPS) is 11.7. The van der Waals surface area contributed by atoms with Crippen LogP contribution in [-0.2, 0) is 9.05 Å². The molecule has 3 nitrogen and oxygen atoms in total. The lowest BCUT2D eigenvalue weighted by Crippen LogP contribution is -2.02. The maximum atomic E-state index is 11.6. The second-order valence-electron chi connectivity index (χ2n) is 4.73. The summed E-state index contributed by atoms with van der Waals surface area (Å²) >= 11 is 0. The number of anilines is 1. The van der Waals surface area contributed by atoms with E-state index in [0.717, 1.165) is 24.0 Å². The molecule has 0 amide bonds. The Bertz CT molecular complexity index is 698. The second-order valence-corrected chi connectivity index (χ2v) is 7.26. The maximum Gasteiger partial charge on any atom is 0.261 e. The average molecular weight is 312 g/mol. The minimum atomic E-state index is -3.73. The maximum absolute atomic E-state index is 11.6. The van der Waals surface area contributed by atoms with Gasteiger partial charge in [0, 0.05) is 33.7 Å². The molecular formula is C15H18ClNO2S. The highest BCUT2D eigenvalue weighted by molar-refractivity contribution is 8.14. The molecule has 0 atom stereocenters. The molecule has 2 aromatic rings. The predicted octanol–water partition coefficient (Wildman–Crippen LogP) is 4.37. The van der Waals surface area contributed by atoms with Gasteiger partial charge in [-0.1, -0.05) is 44.0 Å². The third-order valence-corrected chi connectivity index (χ3v) is 4.62. The quantitative estimate of drug-likeness (QED) is 0.636. The summed E-state index contributed by atoms with van der Waals surface area (Å²) in [5, 5.41) is 4.90. The molecule has 0 saturated heterocycles. The Hall–Kier alpha value is -1.26. The zero-order valence-corrected chi connectivity index (χ0v) is 13.0. The minimum Gasteiger partial charge on any atom is -0.385 e. The number of nitrogens with one attached hydrogen (secondary N) is 1. The van der Waals surface area contributed by atoms with Gasteiger partial charge in [0.15, 0.2) is 0 Å². The van der Waals surface area contributed by atoms with E-state index < -0.39 is 9.05 Å². The minimum absolute atomic E-state index is 0.161. The van der Waals surface area contributed by atoms with Gasteiger partial charge in [-0.3, -0.25) is 0 Å². The van der Waals surface area contributed by atoms with Gasteiger partial charge in [-0.2, -0.15) is 0 Å². The summed E-state index contributed by atoms with van der Waals surface area (Å²) in [4.78, 5) is 0.161. The van der Waals surface area contributed by atoms with Crippen molar-refractivity contribution in [2.45, 2.75) is 31.1 Å². The van der Waals surface area contributed by atoms with Gasteiger partial charge in [-0.05, 0) is 18.6 Å². The number of rotatable bonds is 6. The summed E-state index contributed by atoms with van der Waals surface area (Å²) < 4.78 is 23.2. The van der Waals surface area contributed by atoms with Gasteiger partial charge in [0.05, 0.1) is 4.90 Å². The molecule has 0 heterocycles. The van der Waals surface area contributed by atoms with Crippen LogP contribution in [0.25, 0.3) is 10.8 Å². The van der Waals surface area contributed by atoms with Crippen LogP contribution in [0.4, 0.5) is 5.69 Å². The number of unbranched alkanes of at least 4 members (excludes halogenated alkanes) is 2. The molecule has 0 aromatic heterocycles. The van der Waals surface area contributed by atoms with Crippen molar-refractivity contribution in [3.8, 4) is 0 Å². The zero-order chi connectivity index (χ0) is 14.6. The predicted molar refractivity (Wildman–Crippen MR) is 85.0 cm³/mol. The Morgan fingerprint density at radius 3 is 2.45 bits per heavy atom. The molecule has 2 rings (SSSR count). The van der Waals surface area contributed by atoms with Crippen molar-refractivity contribution in [2.75, 3.05) is 11.9 Å². The van der Waals surface area contributed by atoms with Crippen molar-refractivity contribution in [2.24, 2.45) is 0 Å². The fourth-order valence-electron chi connectivity index (χ4n) is 2.25. The lowest BCUT2D eigenvalue weighted by atomic mass is 10.1. The molecule has 0 spiro atoms. The van der Waals surface area contributed by atoms with Crippen LogP contribution in [0.1, 0.15) is 26.2 Å². The summed E-state index contributed by atoms with van der Waals surface area (Å²) in [6.45, 7) is 3.04. The van der Waals surface area contributed by atoms with Crippen molar-refractivity contribution >= 4 is 36.2 Å². The van der Waals surface area contributed by atoms with Crippen LogP contribution in [0.15, 0.2) is 41.3 Å². The average Bonchev–Trinajstić information content (AvgIpc) is 2.42. The van der Waals surface area contributed by atoms with Crippen LogP contribution < -0.4 is 5.32 Å². The van der Waals surface area contributed by atoms with Crippen molar-refractivity contribution < 1.29 is 8.42 Å². The highest BCUT2D eigenvalue weighted by atomic mass is 35.7. The zero-order valence-electron chi connectivity index (χ0n) is 11.4. The molecule has 0 aliphatic rings. The van der Waals surface area contributed by atoms with Crippen molar-refractivity contribution in [1.29, 1.82) is 0 Å². The third-order valence-electron chi connectivity index (χ3n) is 3.24. The molecule has 0 bridgehead atoms. The van der Waals surface area contributed by atoms with E-state index >= 15 is 0 Å². The molecular weight excluding hydrogens is 294 g/mol. The van der Waals surface area contributed by atoms with Crippen LogP contribution in [0.5, 0.6) is 0 Å². The number of benzene rings is 2. The van der Waals surface area contributed by atoms with Gasteiger partial charge in [-0.15, -0.1) is 0 Å². The number of hydrogen-bond donors (Lipinski definition) is 1. The summed E-state index contributed by atoms with van der Waals surface area (Å²) in [6, 6.07) is 10.7. The van der Waals surface area contributed by atoms with Crippen molar-refractivity contribution in [3.05, 3.63) is 36.4 Å². The molecule has 5 heteroatoms. The fraction of sp³-hybridized carbons (Fsp3) is 0.333. The summed E-state index contributed by atoms with van der Waals surface area (Å²) in [5.74, 6) is 0. The van der Waals surface area contributed by atoms with E-state index in [4.69, 9.17) is 10.7 Å². The Balaban J connectivity index is 2.38. The fourth-order valence-corrected chi connectivity index (χ4v) is 3.33. The Labute approximate surface area is 124 Å². The van der Waals surface area contributed by atoms with Gasteiger partial charge in [0.25, 0.3) is 9.05 Å². The van der Waals surface area contributed by atoms with E-state index in [1.807, 2.05) is 18.2 Å². The molecule has 2 aromatic carbocycles. The lowest BCUT2D eigenvalue weighted by Gasteiger charge is -2.11. The van der Waals surface area contributed by atoms with Crippen LogP contribution >= 0.6 is 10.7 Å². The molecule has 108 valence electrons. The summed E-state index contributed by atoms with van der Waals surface area (Å²) in [5.41, 5.74) is 0.945. The third kappa shape index (κ3) is 3.44. The highest BCUT2D eigenvalue weighted by Crippen LogP contribution is 2.30. The smallest absolute Gasteiger partial charge is 0.261 e. The first-order valence-electron chi connectivity index (χ1n) is 6.74. The van der Waals surface area contributed by atoms with Gasteiger partial charge in [0.1, 0.15) is 0 Å². The topological polar surface area (TPSA) is 46.2 Å². The molecule has 0 saturated carbocycles. The van der Waals surface area contributed by atoms with Crippen molar-refractivity contribution in [1.82, 2.24) is 0 Å². The van der Waals surface area contributed by atoms with Gasteiger partial charge in [0.2, 0.25) is 0 Å². The van der Waals surface area contributed by atoms with Gasteiger partial charge < -0.3 is 5.32 Å².